The van der Waals surface area contributed by atoms with E-state index in [4.69, 9.17) is 0 Å². The molecule has 0 radical (unpaired) electrons. The minimum absolute atomic E-state index is 0.0268. The number of anilines is 1. The Morgan fingerprint density at radius 3 is 2.53 bits per heavy atom. The normalized spacial score (nSPS) is 18.2. The summed E-state index contributed by atoms with van der Waals surface area (Å²) in [5.41, 5.74) is 0.458. The first-order valence-corrected chi connectivity index (χ1v) is 13.4. The molecular formula is C25H22F2N6O4S. The van der Waals surface area contributed by atoms with Gasteiger partial charge in [-0.3, -0.25) is 9.52 Å². The Morgan fingerprint density at radius 2 is 1.84 bits per heavy atom. The number of hydrogen-bond acceptors (Lipinski definition) is 7. The van der Waals surface area contributed by atoms with Crippen LogP contribution in [0.2, 0.25) is 0 Å². The number of carbonyl (C=O) groups excluding carboxylic acids is 1. The van der Waals surface area contributed by atoms with Crippen LogP contribution in [0.15, 0.2) is 43.0 Å². The van der Waals surface area contributed by atoms with Crippen molar-refractivity contribution in [2.45, 2.75) is 31.4 Å². The van der Waals surface area contributed by atoms with Gasteiger partial charge in [-0.1, -0.05) is 0 Å². The molecule has 13 heteroatoms. The third-order valence-electron chi connectivity index (χ3n) is 6.74. The van der Waals surface area contributed by atoms with Crippen LogP contribution >= 0.6 is 0 Å². The van der Waals surface area contributed by atoms with E-state index in [-0.39, 0.29) is 25.1 Å². The maximum Gasteiger partial charge on any atom is 0.301 e. The van der Waals surface area contributed by atoms with E-state index >= 15 is 4.39 Å². The van der Waals surface area contributed by atoms with Crippen LogP contribution in [0, 0.1) is 5.82 Å². The van der Waals surface area contributed by atoms with Crippen molar-refractivity contribution in [1.29, 1.82) is 0 Å². The predicted molar refractivity (Wildman–Crippen MR) is 134 cm³/mol. The van der Waals surface area contributed by atoms with Crippen LogP contribution in [0.1, 0.15) is 46.9 Å². The Kier molecular flexibility index (Phi) is 5.83. The molecular weight excluding hydrogens is 518 g/mol. The highest BCUT2D eigenvalue weighted by Crippen LogP contribution is 2.38. The molecule has 196 valence electrons. The smallest absolute Gasteiger partial charge is 0.301 e. The SMILES string of the molecule is O=C(c1c(O)ccc(NS(=O)(=O)N2CC[C@@H](F)C2)c1F)c1c[nH]c2ncc(-c3cnc(C4CC4)nc3)cc12. The number of aromatic nitrogens is 4. The fraction of sp³-hybridized carbons (Fsp3) is 0.280. The van der Waals surface area contributed by atoms with Crippen molar-refractivity contribution in [1.82, 2.24) is 24.2 Å². The number of ketones is 1. The monoisotopic (exact) mass is 540 g/mol. The van der Waals surface area contributed by atoms with Gasteiger partial charge in [0.2, 0.25) is 5.78 Å². The van der Waals surface area contributed by atoms with Gasteiger partial charge in [-0.2, -0.15) is 12.7 Å². The van der Waals surface area contributed by atoms with Crippen LogP contribution < -0.4 is 4.72 Å². The third kappa shape index (κ3) is 4.37. The van der Waals surface area contributed by atoms with E-state index in [9.17, 15) is 22.7 Å². The summed E-state index contributed by atoms with van der Waals surface area (Å²) in [6.07, 6.45) is 7.18. The summed E-state index contributed by atoms with van der Waals surface area (Å²) in [6, 6.07) is 3.71. The molecule has 1 aliphatic carbocycles. The van der Waals surface area contributed by atoms with Crippen molar-refractivity contribution in [2.75, 3.05) is 17.8 Å². The van der Waals surface area contributed by atoms with Crippen LogP contribution in [-0.4, -0.2) is 62.8 Å². The van der Waals surface area contributed by atoms with Gasteiger partial charge in [-0.15, -0.1) is 0 Å². The number of phenols is 1. The number of benzene rings is 1. The summed E-state index contributed by atoms with van der Waals surface area (Å²) >= 11 is 0. The lowest BCUT2D eigenvalue weighted by Gasteiger charge is -2.18. The highest BCUT2D eigenvalue weighted by Gasteiger charge is 2.33. The molecule has 2 fully saturated rings. The molecule has 10 nitrogen and oxygen atoms in total. The number of aromatic hydroxyl groups is 1. The number of phenolic OH excluding ortho intramolecular Hbond substituents is 1. The largest absolute Gasteiger partial charge is 0.507 e. The number of aromatic amines is 1. The molecule has 4 heterocycles. The number of fused-ring (bicyclic) bond motifs is 1. The van der Waals surface area contributed by atoms with Crippen LogP contribution in [-0.2, 0) is 10.2 Å². The number of pyridine rings is 1. The second-order valence-electron chi connectivity index (χ2n) is 9.43. The maximum absolute atomic E-state index is 15.5. The summed E-state index contributed by atoms with van der Waals surface area (Å²) in [5.74, 6) is -1.61. The first kappa shape index (κ1) is 24.4. The lowest BCUT2D eigenvalue weighted by molar-refractivity contribution is 0.103. The van der Waals surface area contributed by atoms with Gasteiger partial charge in [0.05, 0.1) is 5.69 Å². The van der Waals surface area contributed by atoms with Crippen molar-refractivity contribution >= 4 is 32.7 Å². The molecule has 0 amide bonds. The van der Waals surface area contributed by atoms with Crippen molar-refractivity contribution in [3.63, 3.8) is 0 Å². The van der Waals surface area contributed by atoms with Gasteiger partial charge in [0.15, 0.2) is 5.82 Å². The van der Waals surface area contributed by atoms with Gasteiger partial charge in [0.1, 0.15) is 29.0 Å². The summed E-state index contributed by atoms with van der Waals surface area (Å²) in [7, 11) is -4.27. The number of nitrogens with zero attached hydrogens (tertiary/aromatic N) is 4. The van der Waals surface area contributed by atoms with E-state index in [0.29, 0.717) is 28.1 Å². The summed E-state index contributed by atoms with van der Waals surface area (Å²) in [4.78, 5) is 29.5. The van der Waals surface area contributed by atoms with Crippen LogP contribution in [0.4, 0.5) is 14.5 Å². The Bertz CT molecular complexity index is 1670. The Hall–Kier alpha value is -3.97. The molecule has 0 spiro atoms. The van der Waals surface area contributed by atoms with Crippen LogP contribution in [0.25, 0.3) is 22.2 Å². The van der Waals surface area contributed by atoms with Gasteiger partial charge in [-0.25, -0.2) is 23.7 Å². The average molecular weight is 541 g/mol. The van der Waals surface area contributed by atoms with E-state index in [1.165, 1.54) is 6.20 Å². The Balaban J connectivity index is 1.33. The fourth-order valence-corrected chi connectivity index (χ4v) is 5.76. The molecule has 1 saturated heterocycles. The van der Waals surface area contributed by atoms with Gasteiger partial charge in [0, 0.05) is 65.9 Å². The topological polar surface area (TPSA) is 141 Å². The molecule has 1 aromatic carbocycles. The first-order valence-electron chi connectivity index (χ1n) is 12.0. The second kappa shape index (κ2) is 9.10. The molecule has 1 saturated carbocycles. The lowest BCUT2D eigenvalue weighted by Crippen LogP contribution is -2.34. The molecule has 1 atom stereocenters. The van der Waals surface area contributed by atoms with Gasteiger partial charge in [0.25, 0.3) is 0 Å². The molecule has 0 unspecified atom stereocenters. The molecule has 1 aliphatic heterocycles. The van der Waals surface area contributed by atoms with Crippen LogP contribution in [0.3, 0.4) is 0 Å². The quantitative estimate of drug-likeness (QED) is 0.240. The number of nitrogens with one attached hydrogen (secondary N) is 2. The van der Waals surface area contributed by atoms with E-state index in [2.05, 4.69) is 24.7 Å². The summed E-state index contributed by atoms with van der Waals surface area (Å²) < 4.78 is 57.1. The minimum Gasteiger partial charge on any atom is -0.507 e. The molecule has 4 aromatic rings. The zero-order chi connectivity index (χ0) is 26.6. The van der Waals surface area contributed by atoms with Crippen molar-refractivity contribution in [3.8, 4) is 16.9 Å². The predicted octanol–water partition coefficient (Wildman–Crippen LogP) is 3.67. The average Bonchev–Trinajstić information content (AvgIpc) is 3.51. The number of carbonyl (C=O) groups is 1. The minimum atomic E-state index is -4.27. The third-order valence-corrected chi connectivity index (χ3v) is 8.23. The highest BCUT2D eigenvalue weighted by molar-refractivity contribution is 7.90. The number of halogens is 2. The van der Waals surface area contributed by atoms with Crippen LogP contribution in [0.5, 0.6) is 5.75 Å². The van der Waals surface area contributed by atoms with E-state index in [0.717, 1.165) is 35.1 Å². The Labute approximate surface area is 215 Å². The zero-order valence-corrected chi connectivity index (χ0v) is 20.7. The van der Waals surface area contributed by atoms with Crippen molar-refractivity contribution < 1.29 is 27.1 Å². The lowest BCUT2D eigenvalue weighted by atomic mass is 10.00. The molecule has 3 N–H and O–H groups in total. The highest BCUT2D eigenvalue weighted by atomic mass is 32.2. The Morgan fingerprint density at radius 1 is 1.11 bits per heavy atom. The number of hydrogen-bond donors (Lipinski definition) is 3. The number of alkyl halides is 1. The van der Waals surface area contributed by atoms with E-state index in [1.807, 2.05) is 0 Å². The first-order chi connectivity index (χ1) is 18.2. The van der Waals surface area contributed by atoms with E-state index < -0.39 is 45.0 Å². The maximum atomic E-state index is 15.5. The summed E-state index contributed by atoms with van der Waals surface area (Å²) in [6.45, 7) is -0.402. The van der Waals surface area contributed by atoms with Gasteiger partial charge >= 0.3 is 10.2 Å². The van der Waals surface area contributed by atoms with Crippen molar-refractivity contribution in [3.05, 3.63) is 65.8 Å². The van der Waals surface area contributed by atoms with E-state index in [1.54, 1.807) is 24.7 Å². The molecule has 6 rings (SSSR count). The van der Waals surface area contributed by atoms with Crippen molar-refractivity contribution in [2.24, 2.45) is 0 Å². The zero-order valence-electron chi connectivity index (χ0n) is 19.9. The summed E-state index contributed by atoms with van der Waals surface area (Å²) in [5, 5.41) is 10.7. The van der Waals surface area contributed by atoms with Gasteiger partial charge in [-0.05, 0) is 37.5 Å². The molecule has 2 aliphatic rings. The molecule has 3 aromatic heterocycles. The molecule has 0 bridgehead atoms. The number of rotatable bonds is 7. The standard InChI is InChI=1S/C25H22F2N6O4S/c26-16-5-6-33(12-16)38(36,37)32-19-3-4-20(34)21(22(19)27)23(35)18-11-31-25-17(18)7-14(8-30-25)15-9-28-24(29-10-15)13-1-2-13/h3-4,7-11,13,16,32,34H,1-2,5-6,12H2,(H,30,31)/t16-/m1/s1. The number of H-pyrrole nitrogens is 1. The fourth-order valence-electron chi connectivity index (χ4n) is 4.49. The molecule has 38 heavy (non-hydrogen) atoms. The second-order valence-corrected chi connectivity index (χ2v) is 11.1. The van der Waals surface area contributed by atoms with Gasteiger partial charge < -0.3 is 10.1 Å².